The molecule has 0 aliphatic rings. The number of fused-ring (bicyclic) bond motifs is 1. The molecule has 1 heterocycles. The van der Waals surface area contributed by atoms with Crippen LogP contribution in [-0.2, 0) is 35.9 Å². The van der Waals surface area contributed by atoms with Crippen LogP contribution in [0.1, 0.15) is 0 Å². The van der Waals surface area contributed by atoms with Crippen molar-refractivity contribution in [3.8, 4) is 0 Å². The highest BCUT2D eigenvalue weighted by molar-refractivity contribution is 7.90. The summed E-state index contributed by atoms with van der Waals surface area (Å²) in [5.74, 6) is -1.24. The highest BCUT2D eigenvalue weighted by atomic mass is 32.2. The number of rotatable bonds is 5. The monoisotopic (exact) mass is 458 g/mol. The zero-order chi connectivity index (χ0) is 21.4. The number of hydrogen-bond acceptors (Lipinski definition) is 7. The number of sulfonamides is 1. The number of esters is 1. The van der Waals surface area contributed by atoms with Gasteiger partial charge in [-0.2, -0.15) is 8.42 Å². The smallest absolute Gasteiger partial charge is 0.325 e. The van der Waals surface area contributed by atoms with E-state index in [9.17, 15) is 26.0 Å². The molecule has 0 bridgehead atoms. The Morgan fingerprint density at radius 3 is 2.31 bits per heavy atom. The molecule has 0 aliphatic heterocycles. The van der Waals surface area contributed by atoms with Crippen molar-refractivity contribution in [3.05, 3.63) is 53.1 Å². The molecule has 0 spiro atoms. The summed E-state index contributed by atoms with van der Waals surface area (Å²) in [6.45, 7) is -0.327. The average Bonchev–Trinajstić information content (AvgIpc) is 2.97. The van der Waals surface area contributed by atoms with Crippen LogP contribution in [0.2, 0.25) is 0 Å². The van der Waals surface area contributed by atoms with Crippen LogP contribution < -0.4 is 4.80 Å². The lowest BCUT2D eigenvalue weighted by Gasteiger charge is -2.04. The number of halogens is 1. The summed E-state index contributed by atoms with van der Waals surface area (Å²) in [4.78, 5) is 11.6. The first-order chi connectivity index (χ1) is 13.5. The fourth-order valence-corrected chi connectivity index (χ4v) is 5.46. The van der Waals surface area contributed by atoms with Crippen molar-refractivity contribution in [1.29, 1.82) is 0 Å². The van der Waals surface area contributed by atoms with Crippen molar-refractivity contribution < 1.29 is 30.8 Å². The summed E-state index contributed by atoms with van der Waals surface area (Å²) in [5.41, 5.74) is 0.417. The molecular weight excluding hydrogens is 443 g/mol. The summed E-state index contributed by atoms with van der Waals surface area (Å²) < 4.78 is 72.1. The zero-order valence-electron chi connectivity index (χ0n) is 15.2. The molecule has 29 heavy (non-hydrogen) atoms. The predicted molar refractivity (Wildman–Crippen MR) is 104 cm³/mol. The maximum atomic E-state index is 13.1. The zero-order valence-corrected chi connectivity index (χ0v) is 17.6. The van der Waals surface area contributed by atoms with E-state index < -0.39 is 31.6 Å². The number of carbonyl (C=O) groups is 1. The van der Waals surface area contributed by atoms with Gasteiger partial charge in [-0.15, -0.1) is 4.40 Å². The Bertz CT molecular complexity index is 1370. The molecule has 0 saturated heterocycles. The van der Waals surface area contributed by atoms with Crippen LogP contribution in [0.15, 0.2) is 56.7 Å². The van der Waals surface area contributed by atoms with Crippen LogP contribution in [0.4, 0.5) is 4.39 Å². The number of benzene rings is 2. The Labute approximate surface area is 169 Å². The first-order valence-corrected chi connectivity index (χ1v) is 12.1. The number of hydrogen-bond donors (Lipinski definition) is 0. The van der Waals surface area contributed by atoms with Crippen LogP contribution in [0.3, 0.4) is 0 Å². The standard InChI is InChI=1S/C17H15FN2O6S3/c1-26-16(21)10-20-14-8-7-13(28(2,22)23)9-15(14)27-17(20)19-29(24,25)12-5-3-11(18)4-6-12/h3-9H,10H2,1-2H3. The van der Waals surface area contributed by atoms with Crippen LogP contribution in [-0.4, -0.2) is 40.7 Å². The molecule has 12 heteroatoms. The van der Waals surface area contributed by atoms with Gasteiger partial charge >= 0.3 is 5.97 Å². The second kappa shape index (κ2) is 7.69. The summed E-state index contributed by atoms with van der Waals surface area (Å²) in [6.07, 6.45) is 1.05. The third kappa shape index (κ3) is 4.54. The summed E-state index contributed by atoms with van der Waals surface area (Å²) in [5, 5.41) is 0. The van der Waals surface area contributed by atoms with Gasteiger partial charge in [0.25, 0.3) is 10.0 Å². The number of ether oxygens (including phenoxy) is 1. The van der Waals surface area contributed by atoms with Crippen LogP contribution in [0.25, 0.3) is 10.2 Å². The number of carbonyl (C=O) groups excluding carboxylic acids is 1. The molecule has 8 nitrogen and oxygen atoms in total. The number of sulfone groups is 1. The highest BCUT2D eigenvalue weighted by Gasteiger charge is 2.18. The fraction of sp³-hybridized carbons (Fsp3) is 0.176. The molecule has 2 aromatic carbocycles. The van der Waals surface area contributed by atoms with Crippen molar-refractivity contribution in [1.82, 2.24) is 4.57 Å². The Balaban J connectivity index is 2.26. The van der Waals surface area contributed by atoms with Gasteiger partial charge in [-0.25, -0.2) is 12.8 Å². The molecule has 0 unspecified atom stereocenters. The minimum absolute atomic E-state index is 0.0457. The molecule has 1 aromatic heterocycles. The van der Waals surface area contributed by atoms with Crippen LogP contribution >= 0.6 is 11.3 Å². The van der Waals surface area contributed by atoms with Gasteiger partial charge in [0.2, 0.25) is 4.80 Å². The third-order valence-electron chi connectivity index (χ3n) is 3.91. The van der Waals surface area contributed by atoms with Crippen molar-refractivity contribution in [2.75, 3.05) is 13.4 Å². The van der Waals surface area contributed by atoms with E-state index in [1.165, 1.54) is 29.9 Å². The first-order valence-electron chi connectivity index (χ1n) is 7.98. The molecule has 154 valence electrons. The summed E-state index contributed by atoms with van der Waals surface area (Å²) in [6, 6.07) is 8.35. The minimum Gasteiger partial charge on any atom is -0.468 e. The maximum absolute atomic E-state index is 13.1. The van der Waals surface area contributed by atoms with Gasteiger partial charge < -0.3 is 9.30 Å². The fourth-order valence-electron chi connectivity index (χ4n) is 2.46. The Hall–Kier alpha value is -2.57. The second-order valence-electron chi connectivity index (χ2n) is 5.97. The van der Waals surface area contributed by atoms with E-state index in [-0.39, 0.29) is 21.1 Å². The number of aromatic nitrogens is 1. The van der Waals surface area contributed by atoms with Crippen LogP contribution in [0, 0.1) is 5.82 Å². The molecule has 3 aromatic rings. The van der Waals surface area contributed by atoms with Gasteiger partial charge in [0.15, 0.2) is 9.84 Å². The minimum atomic E-state index is -4.20. The Kier molecular flexibility index (Phi) is 5.61. The molecule has 0 saturated carbocycles. The van der Waals surface area contributed by atoms with Crippen molar-refractivity contribution in [2.24, 2.45) is 4.40 Å². The van der Waals surface area contributed by atoms with Crippen molar-refractivity contribution in [3.63, 3.8) is 0 Å². The molecule has 0 amide bonds. The molecule has 0 radical (unpaired) electrons. The highest BCUT2D eigenvalue weighted by Crippen LogP contribution is 2.23. The topological polar surface area (TPSA) is 112 Å². The first kappa shape index (κ1) is 21.1. The lowest BCUT2D eigenvalue weighted by molar-refractivity contribution is -0.141. The normalized spacial score (nSPS) is 13.0. The lowest BCUT2D eigenvalue weighted by atomic mass is 10.3. The van der Waals surface area contributed by atoms with Gasteiger partial charge in [-0.05, 0) is 42.5 Å². The van der Waals surface area contributed by atoms with E-state index in [0.717, 1.165) is 41.9 Å². The van der Waals surface area contributed by atoms with Gasteiger partial charge in [0.05, 0.1) is 27.1 Å². The van der Waals surface area contributed by atoms with Gasteiger partial charge in [0, 0.05) is 6.26 Å². The van der Waals surface area contributed by atoms with E-state index in [2.05, 4.69) is 9.13 Å². The summed E-state index contributed by atoms with van der Waals surface area (Å²) >= 11 is 0.902. The molecule has 0 fully saturated rings. The molecule has 3 rings (SSSR count). The van der Waals surface area contributed by atoms with E-state index in [4.69, 9.17) is 0 Å². The van der Waals surface area contributed by atoms with Crippen molar-refractivity contribution in [2.45, 2.75) is 16.3 Å². The second-order valence-corrected chi connectivity index (χ2v) is 10.6. The van der Waals surface area contributed by atoms with E-state index in [1.54, 1.807) is 0 Å². The van der Waals surface area contributed by atoms with Gasteiger partial charge in [0.1, 0.15) is 12.4 Å². The van der Waals surface area contributed by atoms with E-state index in [0.29, 0.717) is 10.2 Å². The molecular formula is C17H15FN2O6S3. The van der Waals surface area contributed by atoms with Gasteiger partial charge in [-0.1, -0.05) is 11.3 Å². The Morgan fingerprint density at radius 1 is 1.10 bits per heavy atom. The Morgan fingerprint density at radius 2 is 1.72 bits per heavy atom. The summed E-state index contributed by atoms with van der Waals surface area (Å²) in [7, 11) is -6.50. The lowest BCUT2D eigenvalue weighted by Crippen LogP contribution is -2.22. The number of thiazole rings is 1. The third-order valence-corrected chi connectivity index (χ3v) is 7.46. The largest absolute Gasteiger partial charge is 0.468 e. The van der Waals surface area contributed by atoms with E-state index >= 15 is 0 Å². The SMILES string of the molecule is COC(=O)Cn1c(=NS(=O)(=O)c2ccc(F)cc2)sc2cc(S(C)(=O)=O)ccc21. The van der Waals surface area contributed by atoms with Gasteiger partial charge in [-0.3, -0.25) is 4.79 Å². The maximum Gasteiger partial charge on any atom is 0.325 e. The molecule has 0 atom stereocenters. The van der Waals surface area contributed by atoms with E-state index in [1.807, 2.05) is 0 Å². The molecule has 0 N–H and O–H groups in total. The van der Waals surface area contributed by atoms with Crippen molar-refractivity contribution >= 4 is 47.4 Å². The van der Waals surface area contributed by atoms with Crippen LogP contribution in [0.5, 0.6) is 0 Å². The number of nitrogens with zero attached hydrogens (tertiary/aromatic N) is 2. The molecule has 0 aliphatic carbocycles. The number of methoxy groups -OCH3 is 1. The quantitative estimate of drug-likeness (QED) is 0.538. The average molecular weight is 459 g/mol. The predicted octanol–water partition coefficient (Wildman–Crippen LogP) is 1.71.